The van der Waals surface area contributed by atoms with Gasteiger partial charge in [0, 0.05) is 13.1 Å². The fourth-order valence-electron chi connectivity index (χ4n) is 4.99. The highest BCUT2D eigenvalue weighted by atomic mass is 16.5. The molecule has 1 aliphatic carbocycles. The van der Waals surface area contributed by atoms with Crippen LogP contribution < -0.4 is 16.0 Å². The molecule has 0 bridgehead atoms. The molecule has 2 aliphatic rings. The monoisotopic (exact) mass is 544 g/mol. The smallest absolute Gasteiger partial charge is 0.333 e. The van der Waals surface area contributed by atoms with Crippen molar-refractivity contribution in [2.24, 2.45) is 0 Å². The van der Waals surface area contributed by atoms with E-state index in [0.29, 0.717) is 51.1 Å². The number of urea groups is 1. The van der Waals surface area contributed by atoms with E-state index < -0.39 is 41.2 Å². The lowest BCUT2D eigenvalue weighted by Gasteiger charge is -2.39. The summed E-state index contributed by atoms with van der Waals surface area (Å²) in [7, 11) is 1.20. The molecule has 1 aromatic rings. The van der Waals surface area contributed by atoms with Crippen molar-refractivity contribution in [2.45, 2.75) is 75.9 Å². The van der Waals surface area contributed by atoms with Crippen LogP contribution in [0.5, 0.6) is 0 Å². The van der Waals surface area contributed by atoms with Crippen LogP contribution in [0.2, 0.25) is 0 Å². The van der Waals surface area contributed by atoms with Crippen molar-refractivity contribution in [3.8, 4) is 0 Å². The first-order valence-corrected chi connectivity index (χ1v) is 13.7. The second-order valence-electron chi connectivity index (χ2n) is 10.0. The maximum Gasteiger partial charge on any atom is 0.333 e. The van der Waals surface area contributed by atoms with Gasteiger partial charge in [0.2, 0.25) is 11.7 Å². The molecule has 0 radical (unpaired) electrons. The van der Waals surface area contributed by atoms with Gasteiger partial charge in [0.15, 0.2) is 6.04 Å². The first kappa shape index (κ1) is 30.1. The number of ether oxygens (including phenoxy) is 2. The molecule has 214 valence electrons. The summed E-state index contributed by atoms with van der Waals surface area (Å²) < 4.78 is 10.2. The van der Waals surface area contributed by atoms with Gasteiger partial charge < -0.3 is 30.3 Å². The summed E-state index contributed by atoms with van der Waals surface area (Å²) in [5.74, 6) is -3.04. The van der Waals surface area contributed by atoms with E-state index in [4.69, 9.17) is 9.47 Å². The Bertz CT molecular complexity index is 1000. The number of Topliss-reactive ketones (excluding diaryl/α,β-unsaturated/α-hetero) is 1. The number of unbranched alkanes of at least 4 members (excludes halogenated alkanes) is 1. The molecule has 0 spiro atoms. The fourth-order valence-corrected chi connectivity index (χ4v) is 4.99. The molecule has 3 N–H and O–H groups in total. The SMILES string of the molecule is CCCCC(NC(=O)C1(NC(=O)N2CCOCC2)CCCCC1)C(=O)C(=O)NC(C(=O)OC)c1ccccc1. The van der Waals surface area contributed by atoms with E-state index in [9.17, 15) is 24.0 Å². The molecule has 11 nitrogen and oxygen atoms in total. The Morgan fingerprint density at radius 1 is 1.00 bits per heavy atom. The van der Waals surface area contributed by atoms with Crippen LogP contribution in [0.3, 0.4) is 0 Å². The Kier molecular flexibility index (Phi) is 11.3. The summed E-state index contributed by atoms with van der Waals surface area (Å²) in [4.78, 5) is 67.2. The zero-order valence-electron chi connectivity index (χ0n) is 22.8. The third kappa shape index (κ3) is 8.01. The predicted molar refractivity (Wildman–Crippen MR) is 143 cm³/mol. The quantitative estimate of drug-likeness (QED) is 0.286. The summed E-state index contributed by atoms with van der Waals surface area (Å²) in [5, 5.41) is 8.21. The van der Waals surface area contributed by atoms with Gasteiger partial charge in [0.25, 0.3) is 5.91 Å². The van der Waals surface area contributed by atoms with E-state index in [-0.39, 0.29) is 12.5 Å². The second-order valence-corrected chi connectivity index (χ2v) is 10.0. The highest BCUT2D eigenvalue weighted by Gasteiger charge is 2.43. The lowest BCUT2D eigenvalue weighted by Crippen LogP contribution is -2.64. The molecule has 0 aromatic heterocycles. The summed E-state index contributed by atoms with van der Waals surface area (Å²) in [5.41, 5.74) is -0.709. The van der Waals surface area contributed by atoms with Gasteiger partial charge in [-0.1, -0.05) is 69.4 Å². The number of rotatable bonds is 11. The Labute approximate surface area is 229 Å². The number of carbonyl (C=O) groups excluding carboxylic acids is 5. The molecular formula is C28H40N4O7. The zero-order chi connectivity index (χ0) is 28.3. The van der Waals surface area contributed by atoms with Gasteiger partial charge in [-0.25, -0.2) is 9.59 Å². The first-order valence-electron chi connectivity index (χ1n) is 13.7. The van der Waals surface area contributed by atoms with E-state index >= 15 is 0 Å². The highest BCUT2D eigenvalue weighted by Crippen LogP contribution is 2.29. The number of carbonyl (C=O) groups is 5. The van der Waals surface area contributed by atoms with Crippen LogP contribution in [-0.4, -0.2) is 79.5 Å². The highest BCUT2D eigenvalue weighted by molar-refractivity contribution is 6.38. The van der Waals surface area contributed by atoms with Gasteiger partial charge in [-0.05, 0) is 24.8 Å². The topological polar surface area (TPSA) is 143 Å². The Hall–Kier alpha value is -3.47. The minimum absolute atomic E-state index is 0.246. The minimum Gasteiger partial charge on any atom is -0.467 e. The van der Waals surface area contributed by atoms with E-state index in [1.807, 2.05) is 6.92 Å². The molecule has 3 rings (SSSR count). The van der Waals surface area contributed by atoms with Crippen LogP contribution in [0.25, 0.3) is 0 Å². The van der Waals surface area contributed by atoms with Crippen molar-refractivity contribution in [1.29, 1.82) is 0 Å². The molecule has 2 fully saturated rings. The summed E-state index contributed by atoms with van der Waals surface area (Å²) >= 11 is 0. The third-order valence-electron chi connectivity index (χ3n) is 7.32. The molecule has 1 saturated heterocycles. The number of ketones is 1. The number of nitrogens with zero attached hydrogens (tertiary/aromatic N) is 1. The zero-order valence-corrected chi connectivity index (χ0v) is 22.8. The fraction of sp³-hybridized carbons (Fsp3) is 0.607. The lowest BCUT2D eigenvalue weighted by molar-refractivity contribution is -0.147. The van der Waals surface area contributed by atoms with Crippen LogP contribution in [0.15, 0.2) is 30.3 Å². The van der Waals surface area contributed by atoms with Gasteiger partial charge >= 0.3 is 12.0 Å². The number of methoxy groups -OCH3 is 1. The number of nitrogens with one attached hydrogen (secondary N) is 3. The Morgan fingerprint density at radius 3 is 2.28 bits per heavy atom. The number of amides is 4. The van der Waals surface area contributed by atoms with Gasteiger partial charge in [0.1, 0.15) is 5.54 Å². The molecule has 4 amide bonds. The van der Waals surface area contributed by atoms with Gasteiger partial charge in [0.05, 0.1) is 26.4 Å². The van der Waals surface area contributed by atoms with Crippen LogP contribution in [0.1, 0.15) is 69.9 Å². The first-order chi connectivity index (χ1) is 18.8. The normalized spacial score (nSPS) is 18.3. The van der Waals surface area contributed by atoms with Crippen LogP contribution in [0.4, 0.5) is 4.79 Å². The average Bonchev–Trinajstić information content (AvgIpc) is 2.98. The molecular weight excluding hydrogens is 504 g/mol. The van der Waals surface area contributed by atoms with Gasteiger partial charge in [-0.15, -0.1) is 0 Å². The Balaban J connectivity index is 1.76. The summed E-state index contributed by atoms with van der Waals surface area (Å²) in [6.07, 6.45) is 4.91. The summed E-state index contributed by atoms with van der Waals surface area (Å²) in [6, 6.07) is 5.85. The standard InChI is InChI=1S/C28H40N4O7/c1-3-4-13-21(23(33)24(34)30-22(25(35)38-2)20-11-7-5-8-12-20)29-26(36)28(14-9-6-10-15-28)31-27(37)32-16-18-39-19-17-32/h5,7-8,11-12,21-22H,3-4,6,9-10,13-19H2,1-2H3,(H,29,36)(H,30,34)(H,31,37). The second kappa shape index (κ2) is 14.6. The molecule has 39 heavy (non-hydrogen) atoms. The number of morpholine rings is 1. The van der Waals surface area contributed by atoms with Gasteiger partial charge in [-0.2, -0.15) is 0 Å². The van der Waals surface area contributed by atoms with E-state index in [0.717, 1.165) is 25.7 Å². The predicted octanol–water partition coefficient (Wildman–Crippen LogP) is 2.01. The van der Waals surface area contributed by atoms with Crippen LogP contribution >= 0.6 is 0 Å². The van der Waals surface area contributed by atoms with Gasteiger partial charge in [-0.3, -0.25) is 14.4 Å². The Morgan fingerprint density at radius 2 is 1.67 bits per heavy atom. The van der Waals surface area contributed by atoms with Crippen molar-refractivity contribution in [1.82, 2.24) is 20.9 Å². The molecule has 11 heteroatoms. The maximum absolute atomic E-state index is 13.7. The molecule has 1 saturated carbocycles. The average molecular weight is 545 g/mol. The van der Waals surface area contributed by atoms with Crippen LogP contribution in [-0.2, 0) is 28.7 Å². The molecule has 2 atom stereocenters. The number of esters is 1. The van der Waals surface area contributed by atoms with Crippen molar-refractivity contribution < 1.29 is 33.4 Å². The number of hydrogen-bond donors (Lipinski definition) is 3. The van der Waals surface area contributed by atoms with E-state index in [1.165, 1.54) is 7.11 Å². The molecule has 1 aliphatic heterocycles. The third-order valence-corrected chi connectivity index (χ3v) is 7.32. The summed E-state index contributed by atoms with van der Waals surface area (Å²) in [6.45, 7) is 3.68. The molecule has 1 aromatic carbocycles. The van der Waals surface area contributed by atoms with Crippen LogP contribution in [0, 0.1) is 0 Å². The van der Waals surface area contributed by atoms with Crippen molar-refractivity contribution in [3.63, 3.8) is 0 Å². The maximum atomic E-state index is 13.7. The van der Waals surface area contributed by atoms with Crippen molar-refractivity contribution in [3.05, 3.63) is 35.9 Å². The number of benzene rings is 1. The molecule has 1 heterocycles. The van der Waals surface area contributed by atoms with Crippen molar-refractivity contribution in [2.75, 3.05) is 33.4 Å². The van der Waals surface area contributed by atoms with E-state index in [1.54, 1.807) is 35.2 Å². The lowest BCUT2D eigenvalue weighted by atomic mass is 9.80. The minimum atomic E-state index is -1.17. The number of hydrogen-bond acceptors (Lipinski definition) is 7. The van der Waals surface area contributed by atoms with E-state index in [2.05, 4.69) is 16.0 Å². The van der Waals surface area contributed by atoms with Crippen molar-refractivity contribution >= 4 is 29.6 Å². The molecule has 2 unspecified atom stereocenters. The largest absolute Gasteiger partial charge is 0.467 e.